The zero-order valence-electron chi connectivity index (χ0n) is 37.7. The first-order valence-corrected chi connectivity index (χ1v) is 23.5. The summed E-state index contributed by atoms with van der Waals surface area (Å²) >= 11 is 0. The summed E-state index contributed by atoms with van der Waals surface area (Å²) in [6.07, 6.45) is 20.4. The summed E-state index contributed by atoms with van der Waals surface area (Å²) in [5, 5.41) is 0. The lowest BCUT2D eigenvalue weighted by molar-refractivity contribution is -0.176. The average molecular weight is 777 g/mol. The topological polar surface area (TPSA) is 86.7 Å². The molecule has 0 radical (unpaired) electrons. The maximum atomic E-state index is 13.2. The third-order valence-electron chi connectivity index (χ3n) is 17.8. The van der Waals surface area contributed by atoms with Gasteiger partial charge in [0, 0.05) is 24.7 Å². The molecule has 0 spiro atoms. The molecule has 316 valence electrons. The first kappa shape index (κ1) is 44.9. The Morgan fingerprint density at radius 1 is 0.500 bits per heavy atom. The smallest absolute Gasteiger partial charge is 0.417 e. The molecule has 6 heteroatoms. The third kappa shape index (κ3) is 7.45. The van der Waals surface area contributed by atoms with E-state index in [0.717, 1.165) is 64.2 Å². The van der Waals surface area contributed by atoms with Gasteiger partial charge in [-0.1, -0.05) is 92.5 Å². The van der Waals surface area contributed by atoms with Crippen molar-refractivity contribution in [2.45, 2.75) is 198 Å². The van der Waals surface area contributed by atoms with Gasteiger partial charge in [-0.25, -0.2) is 9.59 Å². The zero-order valence-corrected chi connectivity index (χ0v) is 37.7. The first-order chi connectivity index (χ1) is 26.7. The second-order valence-corrected chi connectivity index (χ2v) is 19.6. The van der Waals surface area contributed by atoms with Gasteiger partial charge < -0.3 is 9.47 Å². The summed E-state index contributed by atoms with van der Waals surface area (Å²) in [5.41, 5.74) is 3.31. The molecule has 0 aliphatic heterocycles. The summed E-state index contributed by atoms with van der Waals surface area (Å²) < 4.78 is 11.8. The average Bonchev–Trinajstić information content (AvgIpc) is 3.74. The van der Waals surface area contributed by atoms with Crippen molar-refractivity contribution in [1.29, 1.82) is 0 Å². The van der Waals surface area contributed by atoms with Crippen molar-refractivity contribution in [2.24, 2.45) is 69.0 Å². The van der Waals surface area contributed by atoms with Gasteiger partial charge in [0.1, 0.15) is 23.8 Å². The summed E-state index contributed by atoms with van der Waals surface area (Å²) in [6.45, 7) is 25.2. The minimum atomic E-state index is -0.832. The molecule has 8 rings (SSSR count). The zero-order chi connectivity index (χ0) is 41.4. The Bertz CT molecular complexity index is 1410. The van der Waals surface area contributed by atoms with Crippen molar-refractivity contribution in [3.8, 4) is 0 Å². The lowest BCUT2D eigenvalue weighted by atomic mass is 9.47. The van der Waals surface area contributed by atoms with Crippen molar-refractivity contribution in [2.75, 3.05) is 0 Å². The van der Waals surface area contributed by atoms with Crippen LogP contribution in [-0.2, 0) is 28.7 Å². The summed E-state index contributed by atoms with van der Waals surface area (Å²) in [5.74, 6) is 3.24. The van der Waals surface area contributed by atoms with Gasteiger partial charge in [-0.15, -0.1) is 0 Å². The molecule has 0 bridgehead atoms. The number of fused-ring (bicyclic) bond motifs is 10. The Labute approximate surface area is 341 Å². The molecule has 6 fully saturated rings. The highest BCUT2D eigenvalue weighted by molar-refractivity contribution is 6.29. The Morgan fingerprint density at radius 3 is 1.20 bits per heavy atom. The van der Waals surface area contributed by atoms with Gasteiger partial charge in [0.2, 0.25) is 0 Å². The Morgan fingerprint density at radius 2 is 0.857 bits per heavy atom. The van der Waals surface area contributed by atoms with Crippen LogP contribution < -0.4 is 0 Å². The number of esters is 2. The highest BCUT2D eigenvalue weighted by Gasteiger charge is 2.61. The van der Waals surface area contributed by atoms with Crippen LogP contribution in [0.15, 0.2) is 23.3 Å². The lowest BCUT2D eigenvalue weighted by Crippen LogP contribution is -2.51. The van der Waals surface area contributed by atoms with Crippen molar-refractivity contribution in [3.05, 3.63) is 23.3 Å². The number of rotatable bonds is 4. The fourth-order valence-electron chi connectivity index (χ4n) is 15.2. The monoisotopic (exact) mass is 777 g/mol. The summed E-state index contributed by atoms with van der Waals surface area (Å²) in [7, 11) is 0. The molecular formula is C50H80O6. The van der Waals surface area contributed by atoms with Gasteiger partial charge in [0.25, 0.3) is 0 Å². The molecule has 14 atom stereocenters. The van der Waals surface area contributed by atoms with E-state index in [-0.39, 0.29) is 45.7 Å². The molecule has 0 aromatic carbocycles. The van der Waals surface area contributed by atoms with Gasteiger partial charge in [0.15, 0.2) is 0 Å². The number of hydrogen-bond donors (Lipinski definition) is 0. The highest BCUT2D eigenvalue weighted by atomic mass is 16.6. The molecule has 0 amide bonds. The quantitative estimate of drug-likeness (QED) is 0.160. The Kier molecular flexibility index (Phi) is 14.1. The number of carbonyl (C=O) groups excluding carboxylic acids is 4. The van der Waals surface area contributed by atoms with Crippen LogP contribution in [0.2, 0.25) is 0 Å². The van der Waals surface area contributed by atoms with Gasteiger partial charge in [-0.2, -0.15) is 0 Å². The molecule has 6 nitrogen and oxygen atoms in total. The largest absolute Gasteiger partial charge is 0.454 e. The van der Waals surface area contributed by atoms with Crippen molar-refractivity contribution < 1.29 is 28.7 Å². The van der Waals surface area contributed by atoms with Gasteiger partial charge in [0.05, 0.1) is 0 Å². The standard InChI is InChI=1S/C44H62O6.3C2H6/c1-25(45)33-11-13-35-31-9-7-27-23-29(15-19-41(27,3)37(31)17-21-43(33,35)5)49-39(47)40(48)50-30-16-20-42(4)28(24-30)8-10-32-36-14-12-34(26(2)46)44(36,6)22-18-38(32)42;3*1-2/h7-8,29-38H,9-24H2,1-6H3;3*1-2H3. The molecule has 0 aromatic heterocycles. The Hall–Kier alpha value is -2.24. The molecule has 56 heavy (non-hydrogen) atoms. The normalized spacial score (nSPS) is 44.1. The number of hydrogen-bond acceptors (Lipinski definition) is 6. The van der Waals surface area contributed by atoms with E-state index in [9.17, 15) is 19.2 Å². The number of allylic oxidation sites excluding steroid dienone is 2. The molecule has 0 heterocycles. The molecule has 6 saturated carbocycles. The maximum absolute atomic E-state index is 13.2. The second kappa shape index (κ2) is 17.5. The lowest BCUT2D eigenvalue weighted by Gasteiger charge is -2.58. The van der Waals surface area contributed by atoms with E-state index in [0.29, 0.717) is 59.9 Å². The van der Waals surface area contributed by atoms with E-state index in [2.05, 4.69) is 39.8 Å². The van der Waals surface area contributed by atoms with E-state index >= 15 is 0 Å². The number of ether oxygens (including phenoxy) is 2. The van der Waals surface area contributed by atoms with Crippen LogP contribution in [0.1, 0.15) is 186 Å². The molecule has 14 unspecified atom stereocenters. The predicted molar refractivity (Wildman–Crippen MR) is 226 cm³/mol. The summed E-state index contributed by atoms with van der Waals surface area (Å²) in [6, 6.07) is 0. The van der Waals surface area contributed by atoms with Crippen LogP contribution in [0.3, 0.4) is 0 Å². The summed E-state index contributed by atoms with van der Waals surface area (Å²) in [4.78, 5) is 51.4. The SMILES string of the molecule is CC.CC.CC.CC(=O)C1CCC2C3CC=C4CC(OC(=O)C(=O)OC5CCC6(C)C(=CCC7C6CCC6(C)C(C(C)=O)CCC76)C5)CCC4(C)C3CCC12C. The van der Waals surface area contributed by atoms with Crippen LogP contribution in [0.4, 0.5) is 0 Å². The van der Waals surface area contributed by atoms with Crippen molar-refractivity contribution >= 4 is 23.5 Å². The van der Waals surface area contributed by atoms with Crippen molar-refractivity contribution in [3.63, 3.8) is 0 Å². The van der Waals surface area contributed by atoms with Crippen LogP contribution in [0.5, 0.6) is 0 Å². The Balaban J connectivity index is 0.000000956. The number of ketones is 2. The molecule has 0 saturated heterocycles. The van der Waals surface area contributed by atoms with Gasteiger partial charge >= 0.3 is 11.9 Å². The van der Waals surface area contributed by atoms with Crippen LogP contribution in [0.25, 0.3) is 0 Å². The third-order valence-corrected chi connectivity index (χ3v) is 17.8. The fourth-order valence-corrected chi connectivity index (χ4v) is 15.2. The second-order valence-electron chi connectivity index (χ2n) is 19.6. The van der Waals surface area contributed by atoms with E-state index < -0.39 is 11.9 Å². The van der Waals surface area contributed by atoms with Crippen LogP contribution >= 0.6 is 0 Å². The molecular weight excluding hydrogens is 697 g/mol. The molecule has 0 N–H and O–H groups in total. The minimum absolute atomic E-state index is 0.104. The van der Waals surface area contributed by atoms with Gasteiger partial charge in [-0.05, 0) is 161 Å². The maximum Gasteiger partial charge on any atom is 0.417 e. The van der Waals surface area contributed by atoms with Crippen LogP contribution in [-0.4, -0.2) is 35.7 Å². The van der Waals surface area contributed by atoms with Gasteiger partial charge in [-0.3, -0.25) is 9.59 Å². The first-order valence-electron chi connectivity index (χ1n) is 23.5. The predicted octanol–water partition coefficient (Wildman–Crippen LogP) is 12.2. The highest BCUT2D eigenvalue weighted by Crippen LogP contribution is 2.68. The molecule has 8 aliphatic rings. The van der Waals surface area contributed by atoms with E-state index in [1.807, 2.05) is 41.5 Å². The molecule has 8 aliphatic carbocycles. The minimum Gasteiger partial charge on any atom is -0.454 e. The molecule has 0 aromatic rings. The van der Waals surface area contributed by atoms with E-state index in [1.165, 1.54) is 36.8 Å². The number of Topliss-reactive ketones (excluding diaryl/α,β-unsaturated/α-hetero) is 2. The van der Waals surface area contributed by atoms with E-state index in [4.69, 9.17) is 9.47 Å². The van der Waals surface area contributed by atoms with Crippen LogP contribution in [0, 0.1) is 69.0 Å². The fraction of sp³-hybridized carbons (Fsp3) is 0.840. The van der Waals surface area contributed by atoms with E-state index in [1.54, 1.807) is 13.8 Å². The number of carbonyl (C=O) groups is 4. The van der Waals surface area contributed by atoms with Crippen molar-refractivity contribution in [1.82, 2.24) is 0 Å².